The monoisotopic (exact) mass is 453 g/mol. The van der Waals surface area contributed by atoms with Crippen molar-refractivity contribution in [3.63, 3.8) is 0 Å². The second-order valence-electron chi connectivity index (χ2n) is 6.91. The first kappa shape index (κ1) is 21.7. The predicted octanol–water partition coefficient (Wildman–Crippen LogP) is 2.72. The van der Waals surface area contributed by atoms with Crippen molar-refractivity contribution in [1.82, 2.24) is 24.5 Å². The number of methoxy groups -OCH3 is 1. The van der Waals surface area contributed by atoms with Crippen molar-refractivity contribution < 1.29 is 17.9 Å². The summed E-state index contributed by atoms with van der Waals surface area (Å²) in [6, 6.07) is 17.7. The highest BCUT2D eigenvalue weighted by Gasteiger charge is 2.15. The molecule has 0 unspecified atom stereocenters. The van der Waals surface area contributed by atoms with Crippen molar-refractivity contribution in [1.29, 1.82) is 0 Å². The number of nitrogens with one attached hydrogen (secondary N) is 1. The molecule has 2 heterocycles. The van der Waals surface area contributed by atoms with Crippen molar-refractivity contribution >= 4 is 15.7 Å². The molecule has 0 aliphatic carbocycles. The van der Waals surface area contributed by atoms with E-state index in [1.807, 2.05) is 43.3 Å². The first-order valence-electron chi connectivity index (χ1n) is 10.1. The van der Waals surface area contributed by atoms with Gasteiger partial charge < -0.3 is 9.47 Å². The molecule has 0 fully saturated rings. The minimum Gasteiger partial charge on any atom is -0.496 e. The number of hydrogen-bond acceptors (Lipinski definition) is 7. The number of hydrogen-bond donors (Lipinski definition) is 1. The minimum atomic E-state index is -3.61. The van der Waals surface area contributed by atoms with Gasteiger partial charge in [-0.3, -0.25) is 0 Å². The van der Waals surface area contributed by atoms with Crippen molar-refractivity contribution in [2.75, 3.05) is 20.3 Å². The Morgan fingerprint density at radius 3 is 2.53 bits per heavy atom. The van der Waals surface area contributed by atoms with Gasteiger partial charge in [-0.05, 0) is 42.3 Å². The second kappa shape index (κ2) is 9.33. The summed E-state index contributed by atoms with van der Waals surface area (Å²) >= 11 is 0. The van der Waals surface area contributed by atoms with Crippen LogP contribution in [-0.2, 0) is 16.4 Å². The molecular weight excluding hydrogens is 430 g/mol. The molecule has 2 aromatic carbocycles. The van der Waals surface area contributed by atoms with Crippen LogP contribution in [0, 0.1) is 0 Å². The Bertz CT molecular complexity index is 1320. The zero-order valence-electron chi connectivity index (χ0n) is 17.7. The number of aryl methyl sites for hydroxylation is 1. The van der Waals surface area contributed by atoms with E-state index in [1.54, 1.807) is 35.9 Å². The Morgan fingerprint density at radius 2 is 1.78 bits per heavy atom. The minimum absolute atomic E-state index is 0.0964. The quantitative estimate of drug-likeness (QED) is 0.388. The van der Waals surface area contributed by atoms with Crippen LogP contribution in [0.3, 0.4) is 0 Å². The van der Waals surface area contributed by atoms with Crippen molar-refractivity contribution in [3.8, 4) is 23.0 Å². The van der Waals surface area contributed by atoms with E-state index in [0.717, 1.165) is 17.5 Å². The smallest absolute Gasteiger partial charge is 0.240 e. The lowest BCUT2D eigenvalue weighted by atomic mass is 10.2. The van der Waals surface area contributed by atoms with E-state index in [-0.39, 0.29) is 18.0 Å². The van der Waals surface area contributed by atoms with Gasteiger partial charge in [0.25, 0.3) is 0 Å². The fourth-order valence-corrected chi connectivity index (χ4v) is 4.18. The highest BCUT2D eigenvalue weighted by Crippen LogP contribution is 2.28. The summed E-state index contributed by atoms with van der Waals surface area (Å²) in [6.45, 7) is 2.22. The Hall–Kier alpha value is -3.50. The van der Waals surface area contributed by atoms with Crippen LogP contribution in [0.2, 0.25) is 0 Å². The largest absolute Gasteiger partial charge is 0.496 e. The third-order valence-electron chi connectivity index (χ3n) is 4.87. The summed E-state index contributed by atoms with van der Waals surface area (Å²) in [6.07, 6.45) is 0.851. The maximum absolute atomic E-state index is 12.4. The van der Waals surface area contributed by atoms with Crippen LogP contribution in [0.5, 0.6) is 11.6 Å². The lowest BCUT2D eigenvalue weighted by Crippen LogP contribution is -2.28. The summed E-state index contributed by atoms with van der Waals surface area (Å²) in [5.74, 6) is 1.48. The van der Waals surface area contributed by atoms with E-state index < -0.39 is 10.0 Å². The summed E-state index contributed by atoms with van der Waals surface area (Å²) < 4.78 is 40.0. The molecule has 0 aliphatic heterocycles. The summed E-state index contributed by atoms with van der Waals surface area (Å²) in [5, 5.41) is 12.8. The number of benzene rings is 2. The van der Waals surface area contributed by atoms with Crippen LogP contribution in [0.1, 0.15) is 12.5 Å². The van der Waals surface area contributed by atoms with Gasteiger partial charge in [-0.2, -0.15) is 4.52 Å². The van der Waals surface area contributed by atoms with E-state index in [0.29, 0.717) is 23.1 Å². The number of rotatable bonds is 9. The number of para-hydroxylation sites is 1. The molecular formula is C22H23N5O4S. The van der Waals surface area contributed by atoms with Crippen molar-refractivity contribution in [2.24, 2.45) is 0 Å². The maximum Gasteiger partial charge on any atom is 0.240 e. The van der Waals surface area contributed by atoms with Crippen molar-refractivity contribution in [3.05, 3.63) is 66.2 Å². The molecule has 0 amide bonds. The fraction of sp³-hybridized carbons (Fsp3) is 0.227. The molecule has 0 spiro atoms. The van der Waals surface area contributed by atoms with Crippen LogP contribution in [0.25, 0.3) is 17.0 Å². The molecule has 0 saturated carbocycles. The lowest BCUT2D eigenvalue weighted by molar-refractivity contribution is 0.306. The van der Waals surface area contributed by atoms with E-state index in [9.17, 15) is 8.42 Å². The Balaban J connectivity index is 1.43. The average Bonchev–Trinajstić information content (AvgIpc) is 3.25. The molecule has 1 N–H and O–H groups in total. The Morgan fingerprint density at radius 1 is 1.00 bits per heavy atom. The van der Waals surface area contributed by atoms with E-state index in [1.165, 1.54) is 0 Å². The van der Waals surface area contributed by atoms with Gasteiger partial charge in [0.05, 0.1) is 17.6 Å². The predicted molar refractivity (Wildman–Crippen MR) is 119 cm³/mol. The number of ether oxygens (including phenoxy) is 2. The molecule has 4 rings (SSSR count). The SMILES string of the molecule is CCc1ccc(S(=O)(=O)NCCOc2ccc3nnc(-c4ccccc4OC)n3n2)cc1. The van der Waals surface area contributed by atoms with Crippen LogP contribution < -0.4 is 14.2 Å². The molecule has 9 nitrogen and oxygen atoms in total. The zero-order chi connectivity index (χ0) is 22.6. The van der Waals surface area contributed by atoms with E-state index in [4.69, 9.17) is 9.47 Å². The van der Waals surface area contributed by atoms with Gasteiger partial charge in [-0.1, -0.05) is 31.2 Å². The maximum atomic E-state index is 12.4. The Labute approximate surface area is 186 Å². The van der Waals surface area contributed by atoms with Crippen LogP contribution in [-0.4, -0.2) is 48.5 Å². The first-order chi connectivity index (χ1) is 15.5. The third kappa shape index (κ3) is 4.56. The van der Waals surface area contributed by atoms with Crippen LogP contribution in [0.4, 0.5) is 0 Å². The second-order valence-corrected chi connectivity index (χ2v) is 8.68. The topological polar surface area (TPSA) is 108 Å². The first-order valence-corrected chi connectivity index (χ1v) is 11.6. The molecule has 2 aromatic heterocycles. The van der Waals surface area contributed by atoms with E-state index >= 15 is 0 Å². The molecule has 0 atom stereocenters. The number of aromatic nitrogens is 4. The van der Waals surface area contributed by atoms with Gasteiger partial charge in [0.1, 0.15) is 12.4 Å². The molecule has 166 valence electrons. The van der Waals surface area contributed by atoms with Gasteiger partial charge in [-0.15, -0.1) is 15.3 Å². The van der Waals surface area contributed by atoms with Gasteiger partial charge in [0.2, 0.25) is 15.9 Å². The fourth-order valence-electron chi connectivity index (χ4n) is 3.17. The summed E-state index contributed by atoms with van der Waals surface area (Å²) in [4.78, 5) is 0.222. The van der Waals surface area contributed by atoms with Gasteiger partial charge in [0, 0.05) is 12.6 Å². The lowest BCUT2D eigenvalue weighted by Gasteiger charge is -2.09. The molecule has 0 bridgehead atoms. The average molecular weight is 454 g/mol. The number of sulfonamides is 1. The number of fused-ring (bicyclic) bond motifs is 1. The summed E-state index contributed by atoms with van der Waals surface area (Å²) in [5.41, 5.74) is 2.37. The van der Waals surface area contributed by atoms with Gasteiger partial charge in [0.15, 0.2) is 11.5 Å². The molecule has 10 heteroatoms. The zero-order valence-corrected chi connectivity index (χ0v) is 18.5. The van der Waals surface area contributed by atoms with E-state index in [2.05, 4.69) is 20.0 Å². The van der Waals surface area contributed by atoms with Crippen LogP contribution >= 0.6 is 0 Å². The highest BCUT2D eigenvalue weighted by atomic mass is 32.2. The molecule has 32 heavy (non-hydrogen) atoms. The Kier molecular flexibility index (Phi) is 6.33. The molecule has 4 aromatic rings. The highest BCUT2D eigenvalue weighted by molar-refractivity contribution is 7.89. The van der Waals surface area contributed by atoms with Crippen molar-refractivity contribution in [2.45, 2.75) is 18.2 Å². The molecule has 0 aliphatic rings. The van der Waals surface area contributed by atoms with Crippen LogP contribution in [0.15, 0.2) is 65.6 Å². The third-order valence-corrected chi connectivity index (χ3v) is 6.35. The van der Waals surface area contributed by atoms with Gasteiger partial charge in [-0.25, -0.2) is 13.1 Å². The van der Waals surface area contributed by atoms with Gasteiger partial charge >= 0.3 is 0 Å². The number of nitrogens with zero attached hydrogens (tertiary/aromatic N) is 4. The molecule has 0 radical (unpaired) electrons. The summed E-state index contributed by atoms with van der Waals surface area (Å²) in [7, 11) is -2.02. The molecule has 0 saturated heterocycles. The standard InChI is InChI=1S/C22H23N5O4S/c1-3-16-8-10-17(11-9-16)32(28,29)23-14-15-31-21-13-12-20-24-25-22(27(20)26-21)18-6-4-5-7-19(18)30-2/h4-13,23H,3,14-15H2,1-2H3. The normalized spacial score (nSPS) is 11.6.